The van der Waals surface area contributed by atoms with Crippen molar-refractivity contribution in [1.29, 1.82) is 0 Å². The van der Waals surface area contributed by atoms with Crippen molar-refractivity contribution in [2.45, 2.75) is 0 Å². The smallest absolute Gasteiger partial charge is 0.151 e. The number of hydrogen-bond acceptors (Lipinski definition) is 3. The molecular formula is C11H7ClN4. The van der Waals surface area contributed by atoms with Crippen LogP contribution >= 0.6 is 11.6 Å². The van der Waals surface area contributed by atoms with Gasteiger partial charge in [-0.2, -0.15) is 0 Å². The molecule has 0 amide bonds. The number of aromatic nitrogens is 4. The molecule has 0 saturated heterocycles. The first-order valence-electron chi connectivity index (χ1n) is 4.75. The molecule has 0 fully saturated rings. The Kier molecular flexibility index (Phi) is 2.08. The Morgan fingerprint density at radius 2 is 2.00 bits per heavy atom. The van der Waals surface area contributed by atoms with Crippen LogP contribution in [0.15, 0.2) is 42.9 Å². The largest absolute Gasteiger partial charge is 0.307 e. The summed E-state index contributed by atoms with van der Waals surface area (Å²) in [6.45, 7) is 0. The summed E-state index contributed by atoms with van der Waals surface area (Å²) >= 11 is 5.69. The third-order valence-corrected chi connectivity index (χ3v) is 2.53. The number of imidazole rings is 1. The Hall–Kier alpha value is -1.94. The van der Waals surface area contributed by atoms with Gasteiger partial charge in [-0.05, 0) is 24.3 Å². The molecule has 0 unspecified atom stereocenters. The molecule has 0 aliphatic heterocycles. The standard InChI is InChI=1S/C11H7ClN4/c12-10-2-1-9(14-15-10)8-3-5-16-6-4-13-11(16)7-8/h1-7H. The van der Waals surface area contributed by atoms with E-state index in [9.17, 15) is 0 Å². The van der Waals surface area contributed by atoms with E-state index >= 15 is 0 Å². The Morgan fingerprint density at radius 1 is 1.06 bits per heavy atom. The highest BCUT2D eigenvalue weighted by Gasteiger charge is 2.02. The minimum Gasteiger partial charge on any atom is -0.307 e. The van der Waals surface area contributed by atoms with E-state index in [-0.39, 0.29) is 0 Å². The van der Waals surface area contributed by atoms with Crippen LogP contribution in [0.2, 0.25) is 5.15 Å². The molecule has 3 aromatic heterocycles. The SMILES string of the molecule is Clc1ccc(-c2ccn3ccnc3c2)nn1. The van der Waals surface area contributed by atoms with E-state index in [1.54, 1.807) is 12.3 Å². The van der Waals surface area contributed by atoms with Crippen molar-refractivity contribution in [2.24, 2.45) is 0 Å². The minimum atomic E-state index is 0.394. The lowest BCUT2D eigenvalue weighted by atomic mass is 10.2. The Balaban J connectivity index is 2.14. The maximum Gasteiger partial charge on any atom is 0.151 e. The molecule has 4 nitrogen and oxygen atoms in total. The van der Waals surface area contributed by atoms with Crippen LogP contribution in [0.3, 0.4) is 0 Å². The van der Waals surface area contributed by atoms with E-state index in [0.717, 1.165) is 16.9 Å². The normalized spacial score (nSPS) is 10.8. The molecule has 16 heavy (non-hydrogen) atoms. The number of rotatable bonds is 1. The van der Waals surface area contributed by atoms with Gasteiger partial charge >= 0.3 is 0 Å². The van der Waals surface area contributed by atoms with Crippen LogP contribution < -0.4 is 0 Å². The highest BCUT2D eigenvalue weighted by molar-refractivity contribution is 6.29. The lowest BCUT2D eigenvalue weighted by Gasteiger charge is -2.00. The molecule has 3 aromatic rings. The van der Waals surface area contributed by atoms with E-state index in [2.05, 4.69) is 15.2 Å². The number of nitrogens with zero attached hydrogens (tertiary/aromatic N) is 4. The first kappa shape index (κ1) is 9.30. The van der Waals surface area contributed by atoms with Crippen LogP contribution in [0.25, 0.3) is 16.9 Å². The first-order valence-corrected chi connectivity index (χ1v) is 5.13. The fourth-order valence-electron chi connectivity index (χ4n) is 1.54. The zero-order valence-electron chi connectivity index (χ0n) is 8.21. The van der Waals surface area contributed by atoms with Gasteiger partial charge in [0.05, 0.1) is 5.69 Å². The monoisotopic (exact) mass is 230 g/mol. The van der Waals surface area contributed by atoms with Gasteiger partial charge in [-0.3, -0.25) is 0 Å². The molecule has 0 aliphatic carbocycles. The van der Waals surface area contributed by atoms with Crippen LogP contribution in [-0.4, -0.2) is 19.6 Å². The van der Waals surface area contributed by atoms with Gasteiger partial charge in [-0.25, -0.2) is 4.98 Å². The summed E-state index contributed by atoms with van der Waals surface area (Å²) in [4.78, 5) is 4.21. The number of halogens is 1. The van der Waals surface area contributed by atoms with Gasteiger partial charge in [0, 0.05) is 24.2 Å². The topological polar surface area (TPSA) is 43.1 Å². The fourth-order valence-corrected chi connectivity index (χ4v) is 1.64. The van der Waals surface area contributed by atoms with Crippen LogP contribution in [-0.2, 0) is 0 Å². The Bertz CT molecular complexity index is 630. The lowest BCUT2D eigenvalue weighted by Crippen LogP contribution is -1.89. The molecular weight excluding hydrogens is 224 g/mol. The maximum atomic E-state index is 5.69. The molecule has 5 heteroatoms. The van der Waals surface area contributed by atoms with Gasteiger partial charge in [0.25, 0.3) is 0 Å². The van der Waals surface area contributed by atoms with E-state index in [1.165, 1.54) is 0 Å². The van der Waals surface area contributed by atoms with E-state index in [0.29, 0.717) is 5.15 Å². The quantitative estimate of drug-likeness (QED) is 0.645. The highest BCUT2D eigenvalue weighted by Crippen LogP contribution is 2.18. The van der Waals surface area contributed by atoms with Crippen molar-refractivity contribution in [3.8, 4) is 11.3 Å². The van der Waals surface area contributed by atoms with Gasteiger partial charge in [-0.1, -0.05) is 11.6 Å². The second-order valence-electron chi connectivity index (χ2n) is 3.35. The predicted octanol–water partition coefficient (Wildman–Crippen LogP) is 2.44. The molecule has 0 spiro atoms. The second-order valence-corrected chi connectivity index (χ2v) is 3.74. The molecule has 0 saturated carbocycles. The average Bonchev–Trinajstić information content (AvgIpc) is 2.77. The zero-order chi connectivity index (χ0) is 11.0. The highest BCUT2D eigenvalue weighted by atomic mass is 35.5. The lowest BCUT2D eigenvalue weighted by molar-refractivity contribution is 1.04. The van der Waals surface area contributed by atoms with Gasteiger partial charge in [0.15, 0.2) is 5.15 Å². The maximum absolute atomic E-state index is 5.69. The number of fused-ring (bicyclic) bond motifs is 1. The summed E-state index contributed by atoms with van der Waals surface area (Å²) in [7, 11) is 0. The summed E-state index contributed by atoms with van der Waals surface area (Å²) in [6.07, 6.45) is 5.59. The average molecular weight is 231 g/mol. The molecule has 78 valence electrons. The van der Waals surface area contributed by atoms with Crippen LogP contribution in [0.4, 0.5) is 0 Å². The van der Waals surface area contributed by atoms with Crippen molar-refractivity contribution in [2.75, 3.05) is 0 Å². The summed E-state index contributed by atoms with van der Waals surface area (Å²) < 4.78 is 1.94. The second kappa shape index (κ2) is 3.57. The van der Waals surface area contributed by atoms with Crippen LogP contribution in [0.1, 0.15) is 0 Å². The molecule has 3 heterocycles. The van der Waals surface area contributed by atoms with Crippen molar-refractivity contribution < 1.29 is 0 Å². The molecule has 0 atom stereocenters. The molecule has 0 aromatic carbocycles. The third kappa shape index (κ3) is 1.53. The number of pyridine rings is 1. The first-order chi connectivity index (χ1) is 7.83. The molecule has 3 rings (SSSR count). The van der Waals surface area contributed by atoms with Crippen molar-refractivity contribution >= 4 is 17.2 Å². The molecule has 0 radical (unpaired) electrons. The summed E-state index contributed by atoms with van der Waals surface area (Å²) in [5.41, 5.74) is 2.65. The zero-order valence-corrected chi connectivity index (χ0v) is 8.96. The Labute approximate surface area is 96.5 Å². The molecule has 0 N–H and O–H groups in total. The summed E-state index contributed by atoms with van der Waals surface area (Å²) in [5, 5.41) is 8.23. The van der Waals surface area contributed by atoms with Gasteiger partial charge in [-0.15, -0.1) is 10.2 Å². The van der Waals surface area contributed by atoms with Crippen molar-refractivity contribution in [1.82, 2.24) is 19.6 Å². The molecule has 0 aliphatic rings. The van der Waals surface area contributed by atoms with Gasteiger partial charge < -0.3 is 4.40 Å². The third-order valence-electron chi connectivity index (χ3n) is 2.33. The van der Waals surface area contributed by atoms with E-state index in [4.69, 9.17) is 11.6 Å². The van der Waals surface area contributed by atoms with Crippen LogP contribution in [0, 0.1) is 0 Å². The summed E-state index contributed by atoms with van der Waals surface area (Å²) in [5.74, 6) is 0. The summed E-state index contributed by atoms with van der Waals surface area (Å²) in [6, 6.07) is 7.48. The fraction of sp³-hybridized carbons (Fsp3) is 0. The predicted molar refractivity (Wildman–Crippen MR) is 61.2 cm³/mol. The number of hydrogen-bond donors (Lipinski definition) is 0. The van der Waals surface area contributed by atoms with Crippen molar-refractivity contribution in [3.05, 3.63) is 48.0 Å². The Morgan fingerprint density at radius 3 is 2.81 bits per heavy atom. The van der Waals surface area contributed by atoms with Crippen LogP contribution in [0.5, 0.6) is 0 Å². The van der Waals surface area contributed by atoms with Gasteiger partial charge in [0.2, 0.25) is 0 Å². The molecule has 0 bridgehead atoms. The minimum absolute atomic E-state index is 0.394. The van der Waals surface area contributed by atoms with E-state index in [1.807, 2.05) is 35.0 Å². The van der Waals surface area contributed by atoms with Crippen molar-refractivity contribution in [3.63, 3.8) is 0 Å². The van der Waals surface area contributed by atoms with E-state index < -0.39 is 0 Å². The van der Waals surface area contributed by atoms with Gasteiger partial charge in [0.1, 0.15) is 5.65 Å².